The van der Waals surface area contributed by atoms with Crippen LogP contribution in [0.25, 0.3) is 10.6 Å². The summed E-state index contributed by atoms with van der Waals surface area (Å²) in [6.45, 7) is 3.82. The molecule has 0 amide bonds. The van der Waals surface area contributed by atoms with Gasteiger partial charge in [0.2, 0.25) is 0 Å². The zero-order valence-electron chi connectivity index (χ0n) is 8.29. The van der Waals surface area contributed by atoms with Gasteiger partial charge in [0, 0.05) is 22.0 Å². The lowest BCUT2D eigenvalue weighted by atomic mass is 10.2. The van der Waals surface area contributed by atoms with Crippen molar-refractivity contribution in [2.75, 3.05) is 6.54 Å². The minimum Gasteiger partial charge on any atom is -0.355 e. The molecule has 0 radical (unpaired) electrons. The fraction of sp³-hybridized carbons (Fsp3) is 0.300. The molecular formula is C10H11BrN2OS. The van der Waals surface area contributed by atoms with Crippen molar-refractivity contribution in [2.24, 2.45) is 0 Å². The van der Waals surface area contributed by atoms with E-state index in [1.54, 1.807) is 17.5 Å². The summed E-state index contributed by atoms with van der Waals surface area (Å²) in [5, 5.41) is 9.13. The Morgan fingerprint density at radius 1 is 1.60 bits per heavy atom. The van der Waals surface area contributed by atoms with E-state index in [-0.39, 0.29) is 0 Å². The second-order valence-electron chi connectivity index (χ2n) is 3.09. The largest absolute Gasteiger partial charge is 0.355 e. The van der Waals surface area contributed by atoms with Crippen molar-refractivity contribution >= 4 is 27.3 Å². The van der Waals surface area contributed by atoms with Gasteiger partial charge >= 0.3 is 0 Å². The molecule has 2 aromatic rings. The molecular weight excluding hydrogens is 276 g/mol. The van der Waals surface area contributed by atoms with E-state index in [0.717, 1.165) is 33.8 Å². The summed E-state index contributed by atoms with van der Waals surface area (Å²) >= 11 is 5.07. The Balaban J connectivity index is 2.24. The number of rotatable bonds is 4. The van der Waals surface area contributed by atoms with Crippen LogP contribution >= 0.6 is 27.3 Å². The van der Waals surface area contributed by atoms with Crippen molar-refractivity contribution in [1.29, 1.82) is 0 Å². The highest BCUT2D eigenvalue weighted by atomic mass is 79.9. The summed E-state index contributed by atoms with van der Waals surface area (Å²) < 4.78 is 6.34. The molecule has 15 heavy (non-hydrogen) atoms. The summed E-state index contributed by atoms with van der Waals surface area (Å²) in [6.07, 6.45) is 1.77. The molecule has 3 nitrogen and oxygen atoms in total. The van der Waals surface area contributed by atoms with E-state index < -0.39 is 0 Å². The lowest BCUT2D eigenvalue weighted by Gasteiger charge is -1.99. The zero-order chi connectivity index (χ0) is 10.7. The summed E-state index contributed by atoms with van der Waals surface area (Å²) in [6, 6.07) is 2.04. The van der Waals surface area contributed by atoms with Gasteiger partial charge in [-0.1, -0.05) is 12.1 Å². The Morgan fingerprint density at radius 2 is 2.47 bits per heavy atom. The van der Waals surface area contributed by atoms with Gasteiger partial charge in [0.05, 0.1) is 11.1 Å². The van der Waals surface area contributed by atoms with Crippen molar-refractivity contribution in [3.8, 4) is 10.6 Å². The number of hydrogen-bond donors (Lipinski definition) is 1. The maximum absolute atomic E-state index is 5.26. The van der Waals surface area contributed by atoms with Crippen LogP contribution in [-0.2, 0) is 6.54 Å². The first-order valence-corrected chi connectivity index (χ1v) is 6.37. The molecule has 0 aliphatic heterocycles. The molecule has 1 N–H and O–H groups in total. The van der Waals surface area contributed by atoms with E-state index in [4.69, 9.17) is 4.52 Å². The molecule has 2 rings (SSSR count). The Bertz CT molecular complexity index is 438. The molecule has 0 bridgehead atoms. The zero-order valence-corrected chi connectivity index (χ0v) is 10.7. The van der Waals surface area contributed by atoms with Crippen molar-refractivity contribution < 1.29 is 4.52 Å². The molecule has 0 saturated carbocycles. The van der Waals surface area contributed by atoms with Crippen molar-refractivity contribution in [3.05, 3.63) is 27.7 Å². The third-order valence-electron chi connectivity index (χ3n) is 2.00. The normalized spacial score (nSPS) is 10.8. The van der Waals surface area contributed by atoms with E-state index in [9.17, 15) is 0 Å². The molecule has 2 aromatic heterocycles. The topological polar surface area (TPSA) is 38.1 Å². The lowest BCUT2D eigenvalue weighted by Crippen LogP contribution is -2.11. The first-order valence-electron chi connectivity index (χ1n) is 4.70. The van der Waals surface area contributed by atoms with E-state index >= 15 is 0 Å². The van der Waals surface area contributed by atoms with Gasteiger partial charge < -0.3 is 9.84 Å². The number of nitrogens with one attached hydrogen (secondary N) is 1. The molecule has 0 saturated heterocycles. The molecule has 0 fully saturated rings. The van der Waals surface area contributed by atoms with Crippen LogP contribution < -0.4 is 5.32 Å². The van der Waals surface area contributed by atoms with E-state index in [2.05, 4.69) is 33.3 Å². The first kappa shape index (κ1) is 10.9. The minimum atomic E-state index is 0.796. The number of nitrogens with zero attached hydrogens (tertiary/aromatic N) is 1. The third-order valence-corrected chi connectivity index (χ3v) is 3.69. The smallest absolute Gasteiger partial charge is 0.181 e. The predicted octanol–water partition coefficient (Wildman–Crippen LogP) is 3.28. The number of hydrogen-bond acceptors (Lipinski definition) is 4. The van der Waals surface area contributed by atoms with E-state index in [1.807, 2.05) is 11.4 Å². The van der Waals surface area contributed by atoms with Gasteiger partial charge in [0.1, 0.15) is 0 Å². The second kappa shape index (κ2) is 4.92. The van der Waals surface area contributed by atoms with Crippen LogP contribution in [0.15, 0.2) is 26.6 Å². The van der Waals surface area contributed by atoms with E-state index in [0.29, 0.717) is 0 Å². The standard InChI is InChI=1S/C10H11BrN2OS/c1-2-12-4-7-5-13-14-10(7)9-3-8(11)6-15-9/h3,5-6,12H,2,4H2,1H3. The van der Waals surface area contributed by atoms with Crippen LogP contribution in [-0.4, -0.2) is 11.7 Å². The summed E-state index contributed by atoms with van der Waals surface area (Å²) in [5.41, 5.74) is 1.10. The molecule has 0 aliphatic rings. The Kier molecular flexibility index (Phi) is 3.56. The predicted molar refractivity (Wildman–Crippen MR) is 64.9 cm³/mol. The molecule has 0 aliphatic carbocycles. The highest BCUT2D eigenvalue weighted by Crippen LogP contribution is 2.31. The average molecular weight is 287 g/mol. The highest BCUT2D eigenvalue weighted by Gasteiger charge is 2.11. The van der Waals surface area contributed by atoms with Gasteiger partial charge in [-0.05, 0) is 28.5 Å². The number of halogens is 1. The molecule has 0 spiro atoms. The monoisotopic (exact) mass is 286 g/mol. The Hall–Kier alpha value is -0.650. The molecule has 80 valence electrons. The fourth-order valence-corrected chi connectivity index (χ4v) is 2.72. The van der Waals surface area contributed by atoms with Crippen LogP contribution in [0.1, 0.15) is 12.5 Å². The van der Waals surface area contributed by atoms with Gasteiger partial charge in [0.25, 0.3) is 0 Å². The summed E-state index contributed by atoms with van der Waals surface area (Å²) in [5.74, 6) is 0.867. The average Bonchev–Trinajstić information content (AvgIpc) is 2.82. The molecule has 0 unspecified atom stereocenters. The number of thiophene rings is 1. The van der Waals surface area contributed by atoms with Gasteiger partial charge in [-0.3, -0.25) is 0 Å². The molecule has 0 aromatic carbocycles. The fourth-order valence-electron chi connectivity index (χ4n) is 1.28. The van der Waals surface area contributed by atoms with Gasteiger partial charge in [-0.2, -0.15) is 0 Å². The van der Waals surface area contributed by atoms with Gasteiger partial charge in [0.15, 0.2) is 5.76 Å². The number of aromatic nitrogens is 1. The van der Waals surface area contributed by atoms with Crippen molar-refractivity contribution in [3.63, 3.8) is 0 Å². The Morgan fingerprint density at radius 3 is 3.13 bits per heavy atom. The van der Waals surface area contributed by atoms with Crippen molar-refractivity contribution in [1.82, 2.24) is 10.5 Å². The SMILES string of the molecule is CCNCc1cnoc1-c1cc(Br)cs1. The Labute approximate surface area is 101 Å². The maximum Gasteiger partial charge on any atom is 0.181 e. The molecule has 2 heterocycles. The second-order valence-corrected chi connectivity index (χ2v) is 4.92. The van der Waals surface area contributed by atoms with Crippen molar-refractivity contribution in [2.45, 2.75) is 13.5 Å². The van der Waals surface area contributed by atoms with Crippen LogP contribution in [0.4, 0.5) is 0 Å². The maximum atomic E-state index is 5.26. The molecule has 0 atom stereocenters. The summed E-state index contributed by atoms with van der Waals surface area (Å²) in [7, 11) is 0. The van der Waals surface area contributed by atoms with Crippen LogP contribution in [0, 0.1) is 0 Å². The van der Waals surface area contributed by atoms with Crippen LogP contribution in [0.2, 0.25) is 0 Å². The first-order chi connectivity index (χ1) is 7.31. The third kappa shape index (κ3) is 2.48. The quantitative estimate of drug-likeness (QED) is 0.937. The van der Waals surface area contributed by atoms with Gasteiger partial charge in [-0.25, -0.2) is 0 Å². The lowest BCUT2D eigenvalue weighted by molar-refractivity contribution is 0.432. The van der Waals surface area contributed by atoms with E-state index in [1.165, 1.54) is 0 Å². The van der Waals surface area contributed by atoms with Gasteiger partial charge in [-0.15, -0.1) is 11.3 Å². The van der Waals surface area contributed by atoms with Crippen LogP contribution in [0.5, 0.6) is 0 Å². The van der Waals surface area contributed by atoms with Crippen LogP contribution in [0.3, 0.4) is 0 Å². The highest BCUT2D eigenvalue weighted by molar-refractivity contribution is 9.10. The molecule has 5 heteroatoms. The minimum absolute atomic E-state index is 0.796. The summed E-state index contributed by atoms with van der Waals surface area (Å²) in [4.78, 5) is 1.10.